The van der Waals surface area contributed by atoms with E-state index in [1.165, 1.54) is 13.2 Å². The molecule has 1 fully saturated rings. The second-order valence-corrected chi connectivity index (χ2v) is 6.87. The van der Waals surface area contributed by atoms with Crippen LogP contribution in [-0.2, 0) is 10.0 Å². The lowest BCUT2D eigenvalue weighted by Gasteiger charge is -2.37. The van der Waals surface area contributed by atoms with Gasteiger partial charge in [0, 0.05) is 12.1 Å². The quantitative estimate of drug-likeness (QED) is 0.590. The molecule has 0 amide bonds. The SMILES string of the molecule is COc1ccc(S(=O)(=O)NCC2(N)CCC2)c([N+](=O)[O-])c1. The first-order valence-corrected chi connectivity index (χ1v) is 7.87. The minimum Gasteiger partial charge on any atom is -0.497 e. The van der Waals surface area contributed by atoms with Crippen molar-refractivity contribution in [3.05, 3.63) is 28.3 Å². The van der Waals surface area contributed by atoms with E-state index in [1.807, 2.05) is 0 Å². The molecule has 0 atom stereocenters. The van der Waals surface area contributed by atoms with Gasteiger partial charge in [0.1, 0.15) is 5.75 Å². The van der Waals surface area contributed by atoms with Crippen LogP contribution in [0.3, 0.4) is 0 Å². The van der Waals surface area contributed by atoms with Gasteiger partial charge in [-0.1, -0.05) is 0 Å². The fraction of sp³-hybridized carbons (Fsp3) is 0.500. The highest BCUT2D eigenvalue weighted by molar-refractivity contribution is 7.89. The van der Waals surface area contributed by atoms with Gasteiger partial charge in [0.2, 0.25) is 10.0 Å². The Balaban J connectivity index is 2.28. The molecule has 3 N–H and O–H groups in total. The molecule has 0 heterocycles. The summed E-state index contributed by atoms with van der Waals surface area (Å²) < 4.78 is 31.7. The van der Waals surface area contributed by atoms with Crippen LogP contribution in [0.25, 0.3) is 0 Å². The van der Waals surface area contributed by atoms with Gasteiger partial charge in [-0.2, -0.15) is 0 Å². The van der Waals surface area contributed by atoms with Crippen LogP contribution < -0.4 is 15.2 Å². The van der Waals surface area contributed by atoms with Gasteiger partial charge in [-0.25, -0.2) is 13.1 Å². The molecule has 8 nitrogen and oxygen atoms in total. The van der Waals surface area contributed by atoms with Gasteiger partial charge in [-0.3, -0.25) is 10.1 Å². The minimum atomic E-state index is -4.00. The molecule has 0 aromatic heterocycles. The van der Waals surface area contributed by atoms with Gasteiger partial charge >= 0.3 is 0 Å². The molecule has 0 unspecified atom stereocenters. The molecule has 9 heteroatoms. The zero-order valence-corrected chi connectivity index (χ0v) is 12.4. The van der Waals surface area contributed by atoms with E-state index >= 15 is 0 Å². The highest BCUT2D eigenvalue weighted by Gasteiger charge is 2.35. The van der Waals surface area contributed by atoms with Gasteiger partial charge in [0.25, 0.3) is 5.69 Å². The summed E-state index contributed by atoms with van der Waals surface area (Å²) in [5, 5.41) is 11.0. The molecule has 0 spiro atoms. The number of nitrogens with zero attached hydrogens (tertiary/aromatic N) is 1. The highest BCUT2D eigenvalue weighted by Crippen LogP contribution is 2.30. The standard InChI is InChI=1S/C12H17N3O5S/c1-20-9-3-4-11(10(7-9)15(16)17)21(18,19)14-8-12(13)5-2-6-12/h3-4,7,14H,2,5-6,8,13H2,1H3. The zero-order valence-electron chi connectivity index (χ0n) is 11.5. The molecule has 116 valence electrons. The van der Waals surface area contributed by atoms with Gasteiger partial charge in [-0.05, 0) is 31.4 Å². The van der Waals surface area contributed by atoms with Gasteiger partial charge in [0.15, 0.2) is 4.90 Å². The topological polar surface area (TPSA) is 125 Å². The molecule has 2 rings (SSSR count). The Morgan fingerprint density at radius 2 is 2.14 bits per heavy atom. The predicted octanol–water partition coefficient (Wildman–Crippen LogP) is 0.763. The average Bonchev–Trinajstić information content (AvgIpc) is 2.42. The number of hydrogen-bond donors (Lipinski definition) is 2. The first-order valence-electron chi connectivity index (χ1n) is 6.38. The molecule has 0 radical (unpaired) electrons. The summed E-state index contributed by atoms with van der Waals surface area (Å²) in [7, 11) is -2.65. The Labute approximate surface area is 122 Å². The summed E-state index contributed by atoms with van der Waals surface area (Å²) in [4.78, 5) is 9.89. The van der Waals surface area contributed by atoms with Crippen LogP contribution in [0, 0.1) is 10.1 Å². The normalized spacial score (nSPS) is 17.0. The molecule has 1 aliphatic rings. The van der Waals surface area contributed by atoms with E-state index < -0.39 is 31.1 Å². The molecule has 21 heavy (non-hydrogen) atoms. The van der Waals surface area contributed by atoms with Crippen LogP contribution in [0.15, 0.2) is 23.1 Å². The maximum absolute atomic E-state index is 12.2. The van der Waals surface area contributed by atoms with Crippen molar-refractivity contribution in [2.45, 2.75) is 29.7 Å². The first-order chi connectivity index (χ1) is 9.77. The van der Waals surface area contributed by atoms with Crippen molar-refractivity contribution in [2.75, 3.05) is 13.7 Å². The lowest BCUT2D eigenvalue weighted by molar-refractivity contribution is -0.387. The number of nitro benzene ring substituents is 1. The summed E-state index contributed by atoms with van der Waals surface area (Å²) in [5.74, 6) is 0.218. The Morgan fingerprint density at radius 3 is 2.62 bits per heavy atom. The Kier molecular flexibility index (Phi) is 4.17. The largest absolute Gasteiger partial charge is 0.497 e. The van der Waals surface area contributed by atoms with Crippen LogP contribution in [-0.4, -0.2) is 32.5 Å². The number of nitrogens with two attached hydrogens (primary N) is 1. The molecule has 1 aromatic rings. The zero-order chi connectivity index (χ0) is 15.7. The Hall–Kier alpha value is -1.71. The minimum absolute atomic E-state index is 0.0680. The monoisotopic (exact) mass is 315 g/mol. The van der Waals surface area contributed by atoms with Crippen LogP contribution >= 0.6 is 0 Å². The van der Waals surface area contributed by atoms with Crippen LogP contribution in [0.4, 0.5) is 5.69 Å². The van der Waals surface area contributed by atoms with Crippen LogP contribution in [0.1, 0.15) is 19.3 Å². The smallest absolute Gasteiger partial charge is 0.293 e. The summed E-state index contributed by atoms with van der Waals surface area (Å²) in [5.41, 5.74) is 4.88. The summed E-state index contributed by atoms with van der Waals surface area (Å²) in [6.07, 6.45) is 2.43. The first kappa shape index (κ1) is 15.7. The third-order valence-corrected chi connectivity index (χ3v) is 5.06. The van der Waals surface area contributed by atoms with E-state index in [4.69, 9.17) is 10.5 Å². The number of nitrogens with one attached hydrogen (secondary N) is 1. The fourth-order valence-electron chi connectivity index (χ4n) is 2.12. The van der Waals surface area contributed by atoms with E-state index in [0.717, 1.165) is 31.4 Å². The maximum Gasteiger partial charge on any atom is 0.293 e. The summed E-state index contributed by atoms with van der Waals surface area (Å²) in [6, 6.07) is 3.60. The number of ether oxygens (including phenoxy) is 1. The average molecular weight is 315 g/mol. The molecule has 0 aliphatic heterocycles. The Bertz CT molecular complexity index is 655. The van der Waals surface area contributed by atoms with E-state index in [9.17, 15) is 18.5 Å². The lowest BCUT2D eigenvalue weighted by atomic mass is 9.78. The van der Waals surface area contributed by atoms with Crippen molar-refractivity contribution >= 4 is 15.7 Å². The van der Waals surface area contributed by atoms with Crippen LogP contribution in [0.2, 0.25) is 0 Å². The van der Waals surface area contributed by atoms with E-state index in [-0.39, 0.29) is 12.3 Å². The third kappa shape index (κ3) is 3.31. The van der Waals surface area contributed by atoms with Crippen molar-refractivity contribution in [1.29, 1.82) is 0 Å². The molecular weight excluding hydrogens is 298 g/mol. The third-order valence-electron chi connectivity index (χ3n) is 3.62. The number of hydrogen-bond acceptors (Lipinski definition) is 6. The van der Waals surface area contributed by atoms with Crippen molar-refractivity contribution in [1.82, 2.24) is 4.72 Å². The number of sulfonamides is 1. The predicted molar refractivity (Wildman–Crippen MR) is 75.6 cm³/mol. The van der Waals surface area contributed by atoms with Crippen molar-refractivity contribution < 1.29 is 18.1 Å². The second kappa shape index (κ2) is 5.58. The number of methoxy groups -OCH3 is 1. The second-order valence-electron chi connectivity index (χ2n) is 5.13. The number of benzene rings is 1. The van der Waals surface area contributed by atoms with Gasteiger partial charge < -0.3 is 10.5 Å². The van der Waals surface area contributed by atoms with Crippen molar-refractivity contribution in [3.63, 3.8) is 0 Å². The summed E-state index contributed by atoms with van der Waals surface area (Å²) >= 11 is 0. The van der Waals surface area contributed by atoms with Gasteiger partial charge in [-0.15, -0.1) is 0 Å². The Morgan fingerprint density at radius 1 is 1.48 bits per heavy atom. The molecule has 1 aliphatic carbocycles. The number of nitro groups is 1. The van der Waals surface area contributed by atoms with Crippen molar-refractivity contribution in [2.24, 2.45) is 5.73 Å². The molecule has 0 saturated heterocycles. The maximum atomic E-state index is 12.2. The fourth-order valence-corrected chi connectivity index (χ4v) is 3.41. The van der Waals surface area contributed by atoms with E-state index in [1.54, 1.807) is 0 Å². The van der Waals surface area contributed by atoms with Crippen molar-refractivity contribution in [3.8, 4) is 5.75 Å². The molecule has 1 saturated carbocycles. The molecule has 1 aromatic carbocycles. The highest BCUT2D eigenvalue weighted by atomic mass is 32.2. The lowest BCUT2D eigenvalue weighted by Crippen LogP contribution is -2.54. The molecular formula is C12H17N3O5S. The van der Waals surface area contributed by atoms with Gasteiger partial charge in [0.05, 0.1) is 18.1 Å². The van der Waals surface area contributed by atoms with Crippen LogP contribution in [0.5, 0.6) is 5.75 Å². The molecule has 0 bridgehead atoms. The summed E-state index contributed by atoms with van der Waals surface area (Å²) in [6.45, 7) is 0.0680. The van der Waals surface area contributed by atoms with E-state index in [0.29, 0.717) is 0 Å². The number of rotatable bonds is 6. The van der Waals surface area contributed by atoms with E-state index in [2.05, 4.69) is 4.72 Å².